The number of nitrogens with two attached hydrogens (primary N) is 1. The Kier molecular flexibility index (Phi) is 8.63. The van der Waals surface area contributed by atoms with Gasteiger partial charge in [-0.15, -0.1) is 0 Å². The highest BCUT2D eigenvalue weighted by atomic mass is 32.2. The second-order valence-electron chi connectivity index (χ2n) is 8.53. The van der Waals surface area contributed by atoms with E-state index in [2.05, 4.69) is 4.90 Å². The molecule has 2 aliphatic heterocycles. The van der Waals surface area contributed by atoms with Crippen molar-refractivity contribution >= 4 is 31.0 Å². The van der Waals surface area contributed by atoms with Crippen LogP contribution in [-0.4, -0.2) is 80.7 Å². The second kappa shape index (κ2) is 11.3. The first-order valence-electron chi connectivity index (χ1n) is 10.9. The fourth-order valence-electron chi connectivity index (χ4n) is 3.79. The van der Waals surface area contributed by atoms with Crippen LogP contribution in [0.25, 0.3) is 0 Å². The third-order valence-electron chi connectivity index (χ3n) is 5.76. The smallest absolute Gasteiger partial charge is 0.269 e. The summed E-state index contributed by atoms with van der Waals surface area (Å²) < 4.78 is 45.1. The Balaban J connectivity index is 0.000000192. The molecular weight excluding hydrogens is 480 g/mol. The highest BCUT2D eigenvalue weighted by Crippen LogP contribution is 2.16. The van der Waals surface area contributed by atoms with Gasteiger partial charge in [0, 0.05) is 57.1 Å². The zero-order valence-electron chi connectivity index (χ0n) is 18.9. The largest absolute Gasteiger partial charge is 0.399 e. The number of hydrogen-bond donors (Lipinski definition) is 1. The molecule has 0 bridgehead atoms. The number of nitrogens with zero attached hydrogens (tertiary/aromatic N) is 3. The molecule has 10 nitrogen and oxygen atoms in total. The Morgan fingerprint density at radius 2 is 1.21 bits per heavy atom. The van der Waals surface area contributed by atoms with Crippen molar-refractivity contribution in [1.82, 2.24) is 9.80 Å². The Labute approximate surface area is 200 Å². The Hall–Kier alpha value is -2.54. The average molecular weight is 511 g/mol. The van der Waals surface area contributed by atoms with Crippen LogP contribution in [0, 0.1) is 10.1 Å². The van der Waals surface area contributed by atoms with Crippen molar-refractivity contribution in [3.63, 3.8) is 0 Å². The van der Waals surface area contributed by atoms with Crippen LogP contribution in [-0.2, 0) is 32.8 Å². The maximum absolute atomic E-state index is 11.3. The predicted octanol–water partition coefficient (Wildman–Crippen LogP) is 1.32. The van der Waals surface area contributed by atoms with E-state index in [0.717, 1.165) is 23.4 Å². The summed E-state index contributed by atoms with van der Waals surface area (Å²) >= 11 is 0. The molecule has 2 aliphatic rings. The molecule has 2 aromatic carbocycles. The highest BCUT2D eigenvalue weighted by molar-refractivity contribution is 7.91. The summed E-state index contributed by atoms with van der Waals surface area (Å²) in [5, 5.41) is 10.6. The lowest BCUT2D eigenvalue weighted by atomic mass is 10.2. The molecule has 0 aliphatic carbocycles. The monoisotopic (exact) mass is 510 g/mol. The van der Waals surface area contributed by atoms with E-state index in [4.69, 9.17) is 5.73 Å². The third-order valence-corrected chi connectivity index (χ3v) is 8.98. The Bertz CT molecular complexity index is 1190. The van der Waals surface area contributed by atoms with Crippen molar-refractivity contribution in [3.05, 3.63) is 69.8 Å². The lowest BCUT2D eigenvalue weighted by molar-refractivity contribution is -0.384. The number of anilines is 1. The number of nitro benzene ring substituents is 1. The minimum absolute atomic E-state index is 0.0668. The maximum Gasteiger partial charge on any atom is 0.269 e. The molecule has 2 aromatic rings. The zero-order chi connectivity index (χ0) is 24.8. The van der Waals surface area contributed by atoms with E-state index in [9.17, 15) is 26.9 Å². The molecule has 34 heavy (non-hydrogen) atoms. The van der Waals surface area contributed by atoms with E-state index >= 15 is 0 Å². The van der Waals surface area contributed by atoms with Crippen LogP contribution in [0.4, 0.5) is 11.4 Å². The average Bonchev–Trinajstić information content (AvgIpc) is 2.77. The van der Waals surface area contributed by atoms with Gasteiger partial charge < -0.3 is 5.73 Å². The van der Waals surface area contributed by atoms with Crippen LogP contribution in [0.3, 0.4) is 0 Å². The molecule has 0 radical (unpaired) electrons. The van der Waals surface area contributed by atoms with Crippen LogP contribution in [0.1, 0.15) is 11.1 Å². The molecule has 2 fully saturated rings. The normalized spacial score (nSPS) is 20.1. The first-order valence-corrected chi connectivity index (χ1v) is 14.6. The van der Waals surface area contributed by atoms with Gasteiger partial charge in [-0.1, -0.05) is 24.3 Å². The number of nitrogen functional groups attached to an aromatic ring is 1. The molecule has 0 saturated carbocycles. The fourth-order valence-corrected chi connectivity index (χ4v) is 6.35. The fraction of sp³-hybridized carbons (Fsp3) is 0.455. The summed E-state index contributed by atoms with van der Waals surface area (Å²) in [6.45, 7) is 3.56. The van der Waals surface area contributed by atoms with E-state index in [1.807, 2.05) is 35.2 Å². The lowest BCUT2D eigenvalue weighted by Crippen LogP contribution is -2.39. The maximum atomic E-state index is 11.3. The number of rotatable bonds is 5. The van der Waals surface area contributed by atoms with E-state index in [1.165, 1.54) is 12.1 Å². The van der Waals surface area contributed by atoms with Crippen LogP contribution in [0.2, 0.25) is 0 Å². The van der Waals surface area contributed by atoms with E-state index in [0.29, 0.717) is 32.7 Å². The molecule has 0 atom stereocenters. The number of hydrogen-bond acceptors (Lipinski definition) is 9. The SMILES string of the molecule is Nc1cccc(CN2CCS(=O)(=O)CC2)c1.O=[N+]([O-])c1cccc(CN2CCS(=O)(=O)CC2)c1. The number of sulfone groups is 2. The van der Waals surface area contributed by atoms with Crippen LogP contribution in [0.5, 0.6) is 0 Å². The standard InChI is InChI=1S/C11H14N2O4S.C11H16N2O2S/c14-13(15)11-3-1-2-10(8-11)9-12-4-6-18(16,17)7-5-12;12-11-3-1-2-10(8-11)9-13-4-6-16(14,15)7-5-13/h1-3,8H,4-7,9H2;1-3,8H,4-7,9,12H2. The minimum Gasteiger partial charge on any atom is -0.399 e. The Morgan fingerprint density at radius 1 is 0.765 bits per heavy atom. The lowest BCUT2D eigenvalue weighted by Gasteiger charge is -2.26. The van der Waals surface area contributed by atoms with Gasteiger partial charge in [-0.2, -0.15) is 0 Å². The Morgan fingerprint density at radius 3 is 1.65 bits per heavy atom. The first-order chi connectivity index (χ1) is 16.0. The number of non-ortho nitro benzene ring substituents is 1. The number of nitro groups is 1. The predicted molar refractivity (Wildman–Crippen MR) is 132 cm³/mol. The minimum atomic E-state index is -2.88. The van der Waals surface area contributed by atoms with E-state index in [1.54, 1.807) is 6.07 Å². The van der Waals surface area contributed by atoms with Crippen molar-refractivity contribution in [1.29, 1.82) is 0 Å². The van der Waals surface area contributed by atoms with Crippen molar-refractivity contribution in [3.8, 4) is 0 Å². The summed E-state index contributed by atoms with van der Waals surface area (Å²) in [6.07, 6.45) is 0. The third kappa shape index (κ3) is 8.35. The number of benzene rings is 2. The van der Waals surface area contributed by atoms with Gasteiger partial charge in [0.2, 0.25) is 0 Å². The summed E-state index contributed by atoms with van der Waals surface area (Å²) in [6, 6.07) is 14.2. The summed E-state index contributed by atoms with van der Waals surface area (Å²) in [4.78, 5) is 14.4. The molecule has 2 saturated heterocycles. The van der Waals surface area contributed by atoms with Gasteiger partial charge in [0.15, 0.2) is 19.7 Å². The molecule has 12 heteroatoms. The van der Waals surface area contributed by atoms with Gasteiger partial charge >= 0.3 is 0 Å². The van der Waals surface area contributed by atoms with Crippen molar-refractivity contribution < 1.29 is 21.8 Å². The molecule has 2 N–H and O–H groups in total. The van der Waals surface area contributed by atoms with E-state index < -0.39 is 24.6 Å². The molecule has 0 aromatic heterocycles. The van der Waals surface area contributed by atoms with E-state index in [-0.39, 0.29) is 28.7 Å². The quantitative estimate of drug-likeness (QED) is 0.358. The molecule has 0 unspecified atom stereocenters. The molecule has 0 spiro atoms. The highest BCUT2D eigenvalue weighted by Gasteiger charge is 2.22. The van der Waals surface area contributed by atoms with Crippen LogP contribution >= 0.6 is 0 Å². The second-order valence-corrected chi connectivity index (χ2v) is 13.1. The van der Waals surface area contributed by atoms with Gasteiger partial charge in [0.25, 0.3) is 5.69 Å². The molecule has 0 amide bonds. The van der Waals surface area contributed by atoms with Gasteiger partial charge in [-0.25, -0.2) is 16.8 Å². The van der Waals surface area contributed by atoms with Gasteiger partial charge in [-0.3, -0.25) is 19.9 Å². The molecule has 186 valence electrons. The van der Waals surface area contributed by atoms with Crippen molar-refractivity contribution in [2.24, 2.45) is 0 Å². The molecule has 4 rings (SSSR count). The van der Waals surface area contributed by atoms with Crippen LogP contribution in [0.15, 0.2) is 48.5 Å². The molecular formula is C22H30N4O6S2. The molecule has 2 heterocycles. The van der Waals surface area contributed by atoms with Crippen LogP contribution < -0.4 is 5.73 Å². The van der Waals surface area contributed by atoms with Gasteiger partial charge in [0.05, 0.1) is 27.9 Å². The van der Waals surface area contributed by atoms with Crippen molar-refractivity contribution in [2.45, 2.75) is 13.1 Å². The zero-order valence-corrected chi connectivity index (χ0v) is 20.5. The van der Waals surface area contributed by atoms with Gasteiger partial charge in [0.1, 0.15) is 0 Å². The van der Waals surface area contributed by atoms with Gasteiger partial charge in [-0.05, 0) is 23.3 Å². The summed E-state index contributed by atoms with van der Waals surface area (Å²) in [5.74, 6) is 0.883. The topological polar surface area (TPSA) is 144 Å². The first kappa shape index (κ1) is 26.1. The van der Waals surface area contributed by atoms with Crippen molar-refractivity contribution in [2.75, 3.05) is 54.9 Å². The summed E-state index contributed by atoms with van der Waals surface area (Å²) in [5.41, 5.74) is 8.49. The summed E-state index contributed by atoms with van der Waals surface area (Å²) in [7, 11) is -5.66.